The van der Waals surface area contributed by atoms with Crippen LogP contribution in [-0.4, -0.2) is 62.6 Å². The van der Waals surface area contributed by atoms with E-state index in [-0.39, 0.29) is 51.6 Å². The molecule has 3 aromatic carbocycles. The van der Waals surface area contributed by atoms with E-state index in [1.807, 2.05) is 0 Å². The topological polar surface area (TPSA) is 139 Å². The molecule has 0 atom stereocenters. The van der Waals surface area contributed by atoms with Gasteiger partial charge in [-0.2, -0.15) is 0 Å². The first-order chi connectivity index (χ1) is 21.7. The van der Waals surface area contributed by atoms with Crippen molar-refractivity contribution in [2.75, 3.05) is 27.9 Å². The van der Waals surface area contributed by atoms with Crippen LogP contribution in [0.5, 0.6) is 17.2 Å². The van der Waals surface area contributed by atoms with E-state index in [9.17, 15) is 28.8 Å². The highest BCUT2D eigenvalue weighted by Gasteiger charge is 2.27. The Bertz CT molecular complexity index is 1780. The van der Waals surface area contributed by atoms with E-state index in [4.69, 9.17) is 18.9 Å². The van der Waals surface area contributed by atoms with E-state index >= 15 is 0 Å². The van der Waals surface area contributed by atoms with Crippen LogP contribution < -0.4 is 14.2 Å². The number of ketones is 6. The first-order valence-corrected chi connectivity index (χ1v) is 13.6. The van der Waals surface area contributed by atoms with Crippen molar-refractivity contribution in [1.29, 1.82) is 0 Å². The third kappa shape index (κ3) is 6.54. The van der Waals surface area contributed by atoms with Gasteiger partial charge in [0, 0.05) is 22.8 Å². The van der Waals surface area contributed by atoms with E-state index < -0.39 is 0 Å². The number of benzene rings is 3. The summed E-state index contributed by atoms with van der Waals surface area (Å²) in [6.45, 7) is 2.16. The fourth-order valence-corrected chi connectivity index (χ4v) is 4.75. The molecule has 0 aliphatic heterocycles. The molecule has 0 saturated heterocycles. The lowest BCUT2D eigenvalue weighted by Gasteiger charge is -2.15. The first kappa shape index (κ1) is 32.0. The predicted molar refractivity (Wildman–Crippen MR) is 163 cm³/mol. The van der Waals surface area contributed by atoms with Crippen LogP contribution in [0.1, 0.15) is 69.1 Å². The number of carbonyl (C=O) groups excluding carboxylic acids is 6. The molecule has 0 unspecified atom stereocenters. The Hall–Kier alpha value is -5.90. The molecule has 3 aromatic rings. The number of fused-ring (bicyclic) bond motifs is 3. The Morgan fingerprint density at radius 1 is 0.489 bits per heavy atom. The third-order valence-electron chi connectivity index (χ3n) is 6.81. The molecule has 45 heavy (non-hydrogen) atoms. The number of methoxy groups -OCH3 is 3. The average Bonchev–Trinajstić information content (AvgIpc) is 3.06. The highest BCUT2D eigenvalue weighted by atomic mass is 16.5. The Morgan fingerprint density at radius 3 is 1.49 bits per heavy atom. The van der Waals surface area contributed by atoms with E-state index in [1.165, 1.54) is 51.7 Å². The van der Waals surface area contributed by atoms with Gasteiger partial charge in [0.2, 0.25) is 5.78 Å². The molecule has 3 aliphatic rings. The molecule has 0 spiro atoms. The molecule has 0 heterocycles. The second-order valence-corrected chi connectivity index (χ2v) is 9.41. The van der Waals surface area contributed by atoms with Crippen molar-refractivity contribution < 1.29 is 47.7 Å². The second-order valence-electron chi connectivity index (χ2n) is 9.41. The molecule has 3 aliphatic carbocycles. The van der Waals surface area contributed by atoms with Crippen LogP contribution in [0.4, 0.5) is 0 Å². The predicted octanol–water partition coefficient (Wildman–Crippen LogP) is 5.26. The lowest BCUT2D eigenvalue weighted by Crippen LogP contribution is -2.18. The Morgan fingerprint density at radius 2 is 0.956 bits per heavy atom. The number of hydrogen-bond donors (Lipinski definition) is 0. The summed E-state index contributed by atoms with van der Waals surface area (Å²) in [6.07, 6.45) is 6.30. The Kier molecular flexibility index (Phi) is 10.00. The molecule has 0 amide bonds. The molecule has 0 aromatic heterocycles. The van der Waals surface area contributed by atoms with Gasteiger partial charge >= 0.3 is 0 Å². The summed E-state index contributed by atoms with van der Waals surface area (Å²) in [4.78, 5) is 69.7. The summed E-state index contributed by atoms with van der Waals surface area (Å²) in [5.74, 6) is 0.148. The monoisotopic (exact) mass is 608 g/mol. The van der Waals surface area contributed by atoms with Crippen LogP contribution in [0.3, 0.4) is 0 Å². The van der Waals surface area contributed by atoms with Gasteiger partial charge in [0.15, 0.2) is 34.7 Å². The van der Waals surface area contributed by atoms with Crippen LogP contribution in [0.15, 0.2) is 90.7 Å². The smallest absolute Gasteiger partial charge is 0.228 e. The minimum Gasteiger partial charge on any atom is -0.496 e. The highest BCUT2D eigenvalue weighted by molar-refractivity contribution is 6.25. The van der Waals surface area contributed by atoms with Gasteiger partial charge < -0.3 is 18.9 Å². The van der Waals surface area contributed by atoms with Crippen molar-refractivity contribution in [2.45, 2.75) is 6.92 Å². The maximum atomic E-state index is 11.8. The van der Waals surface area contributed by atoms with Gasteiger partial charge in [-0.1, -0.05) is 36.4 Å². The van der Waals surface area contributed by atoms with Crippen molar-refractivity contribution in [1.82, 2.24) is 0 Å². The molecule has 228 valence electrons. The summed E-state index contributed by atoms with van der Waals surface area (Å²) >= 11 is 0. The zero-order valence-corrected chi connectivity index (χ0v) is 24.9. The molecule has 0 fully saturated rings. The Balaban J connectivity index is 0.000000154. The molecule has 0 bridgehead atoms. The molecule has 0 saturated carbocycles. The maximum Gasteiger partial charge on any atom is 0.228 e. The molecule has 10 nitrogen and oxygen atoms in total. The lowest BCUT2D eigenvalue weighted by molar-refractivity contribution is 0.0891. The van der Waals surface area contributed by atoms with Crippen molar-refractivity contribution in [2.24, 2.45) is 0 Å². The molecular weight excluding hydrogens is 580 g/mol. The minimum absolute atomic E-state index is 0.140. The van der Waals surface area contributed by atoms with Gasteiger partial charge in [0.05, 0.1) is 44.6 Å². The molecule has 10 heteroatoms. The summed E-state index contributed by atoms with van der Waals surface area (Å²) < 4.78 is 20.3. The van der Waals surface area contributed by atoms with Crippen LogP contribution in [0.25, 0.3) is 0 Å². The second kappa shape index (κ2) is 14.0. The number of carbonyl (C=O) groups is 6. The van der Waals surface area contributed by atoms with Crippen molar-refractivity contribution in [3.63, 3.8) is 0 Å². The minimum atomic E-state index is -0.245. The number of ether oxygens (including phenoxy) is 4. The van der Waals surface area contributed by atoms with Crippen molar-refractivity contribution in [3.05, 3.63) is 124 Å². The molecular formula is C35H28O10. The zero-order chi connectivity index (χ0) is 32.7. The standard InChI is InChI=1S/C12H10O4.C12H10O3.C11H8O3/c1-15-9-5-6-10(16-2)12-8(14)4-3-7(13)11(9)12;1-2-15-11-7-10(13)8-5-3-4-6-9(8)12(11)14;1-14-10-4-2-3-7-8(12)5-6-9(13)11(7)10/h3-6H,1-2H3;3-7H,2H2,1H3;2-6H,1H3. The highest BCUT2D eigenvalue weighted by Crippen LogP contribution is 2.33. The fourth-order valence-electron chi connectivity index (χ4n) is 4.75. The van der Waals surface area contributed by atoms with E-state index in [2.05, 4.69) is 0 Å². The van der Waals surface area contributed by atoms with Gasteiger partial charge in [-0.25, -0.2) is 0 Å². The van der Waals surface area contributed by atoms with Gasteiger partial charge in [-0.15, -0.1) is 0 Å². The van der Waals surface area contributed by atoms with Gasteiger partial charge in [-0.05, 0) is 49.4 Å². The molecule has 6 rings (SSSR count). The number of hydrogen-bond acceptors (Lipinski definition) is 10. The van der Waals surface area contributed by atoms with E-state index in [0.717, 1.165) is 0 Å². The Labute approximate surface area is 258 Å². The average molecular weight is 609 g/mol. The zero-order valence-electron chi connectivity index (χ0n) is 24.9. The number of allylic oxidation sites excluding steroid dienone is 6. The summed E-state index contributed by atoms with van der Waals surface area (Å²) in [6, 6.07) is 15.0. The van der Waals surface area contributed by atoms with Gasteiger partial charge in [-0.3, -0.25) is 28.8 Å². The van der Waals surface area contributed by atoms with Gasteiger partial charge in [0.1, 0.15) is 17.2 Å². The van der Waals surface area contributed by atoms with Crippen LogP contribution in [0, 0.1) is 0 Å². The largest absolute Gasteiger partial charge is 0.496 e. The van der Waals surface area contributed by atoms with Crippen LogP contribution >= 0.6 is 0 Å². The maximum absolute atomic E-state index is 11.8. The van der Waals surface area contributed by atoms with E-state index in [0.29, 0.717) is 46.1 Å². The SMILES string of the molecule is CCOC1=CC(=O)c2ccccc2C1=O.COc1ccc(OC)c2c1C(=O)C=CC2=O.COc1cccc2c1C(=O)C=CC2=O. The summed E-state index contributed by atoms with van der Waals surface area (Å²) in [5.41, 5.74) is 2.20. The third-order valence-corrected chi connectivity index (χ3v) is 6.81. The lowest BCUT2D eigenvalue weighted by atomic mass is 9.93. The molecule has 0 N–H and O–H groups in total. The number of rotatable bonds is 5. The van der Waals surface area contributed by atoms with E-state index in [1.54, 1.807) is 61.5 Å². The number of Topliss-reactive ketones (excluding diaryl/α,β-unsaturated/α-hetero) is 1. The summed E-state index contributed by atoms with van der Waals surface area (Å²) in [5, 5.41) is 0. The van der Waals surface area contributed by atoms with Gasteiger partial charge in [0.25, 0.3) is 0 Å². The first-order valence-electron chi connectivity index (χ1n) is 13.6. The quantitative estimate of drug-likeness (QED) is 0.377. The van der Waals surface area contributed by atoms with Crippen molar-refractivity contribution in [3.8, 4) is 17.2 Å². The van der Waals surface area contributed by atoms with Crippen LogP contribution in [-0.2, 0) is 4.74 Å². The van der Waals surface area contributed by atoms with Crippen LogP contribution in [0.2, 0.25) is 0 Å². The van der Waals surface area contributed by atoms with Crippen molar-refractivity contribution >= 4 is 34.7 Å². The normalized spacial score (nSPS) is 14.1. The molecule has 0 radical (unpaired) electrons. The summed E-state index contributed by atoms with van der Waals surface area (Å²) in [7, 11) is 4.39. The fraction of sp³-hybridized carbons (Fsp3) is 0.143.